The molecular formula is C24H24ClNO4. The number of ether oxygens (including phenoxy) is 3. The van der Waals surface area contributed by atoms with E-state index in [0.29, 0.717) is 29.5 Å². The number of methoxy groups -OCH3 is 2. The Morgan fingerprint density at radius 1 is 0.933 bits per heavy atom. The first-order valence-electron chi connectivity index (χ1n) is 9.56. The number of hydrogen-bond acceptors (Lipinski definition) is 4. The molecular weight excluding hydrogens is 402 g/mol. The van der Waals surface area contributed by atoms with E-state index in [1.807, 2.05) is 66.7 Å². The molecule has 1 amide bonds. The van der Waals surface area contributed by atoms with Gasteiger partial charge in [0, 0.05) is 11.6 Å². The van der Waals surface area contributed by atoms with Crippen molar-refractivity contribution in [3.05, 3.63) is 82.9 Å². The highest BCUT2D eigenvalue weighted by molar-refractivity contribution is 6.30. The van der Waals surface area contributed by atoms with E-state index in [0.717, 1.165) is 22.3 Å². The van der Waals surface area contributed by atoms with Crippen LogP contribution in [0.1, 0.15) is 11.1 Å². The van der Waals surface area contributed by atoms with Crippen LogP contribution in [0.4, 0.5) is 4.79 Å². The topological polar surface area (TPSA) is 56.8 Å². The van der Waals surface area contributed by atoms with Gasteiger partial charge in [0.1, 0.15) is 6.61 Å². The van der Waals surface area contributed by atoms with Crippen LogP contribution in [0.5, 0.6) is 11.5 Å². The van der Waals surface area contributed by atoms with Gasteiger partial charge in [0.15, 0.2) is 11.5 Å². The Bertz CT molecular complexity index is 975. The van der Waals surface area contributed by atoms with E-state index >= 15 is 0 Å². The quantitative estimate of drug-likeness (QED) is 0.518. The number of halogens is 1. The Balaban J connectivity index is 1.69. The Morgan fingerprint density at radius 3 is 2.27 bits per heavy atom. The van der Waals surface area contributed by atoms with E-state index in [1.165, 1.54) is 0 Å². The van der Waals surface area contributed by atoms with Crippen LogP contribution in [-0.2, 0) is 17.8 Å². The molecule has 1 N–H and O–H groups in total. The fourth-order valence-corrected chi connectivity index (χ4v) is 3.23. The van der Waals surface area contributed by atoms with Gasteiger partial charge in [-0.3, -0.25) is 0 Å². The third kappa shape index (κ3) is 5.67. The first-order valence-corrected chi connectivity index (χ1v) is 9.94. The summed E-state index contributed by atoms with van der Waals surface area (Å²) in [7, 11) is 3.20. The Hall–Kier alpha value is -3.18. The molecule has 0 saturated carbocycles. The molecule has 0 saturated heterocycles. The van der Waals surface area contributed by atoms with Gasteiger partial charge in [-0.2, -0.15) is 0 Å². The van der Waals surface area contributed by atoms with Gasteiger partial charge in [0.05, 0.1) is 14.2 Å². The molecule has 0 aliphatic heterocycles. The van der Waals surface area contributed by atoms with Crippen LogP contribution in [0, 0.1) is 0 Å². The number of rotatable bonds is 8. The molecule has 3 aromatic carbocycles. The van der Waals surface area contributed by atoms with Crippen molar-refractivity contribution in [2.75, 3.05) is 20.8 Å². The van der Waals surface area contributed by atoms with E-state index in [9.17, 15) is 4.79 Å². The summed E-state index contributed by atoms with van der Waals surface area (Å²) < 4.78 is 16.2. The van der Waals surface area contributed by atoms with Gasteiger partial charge in [-0.15, -0.1) is 0 Å². The Morgan fingerprint density at radius 2 is 1.60 bits per heavy atom. The molecule has 30 heavy (non-hydrogen) atoms. The van der Waals surface area contributed by atoms with E-state index < -0.39 is 6.09 Å². The smallest absolute Gasteiger partial charge is 0.407 e. The van der Waals surface area contributed by atoms with Gasteiger partial charge < -0.3 is 19.5 Å². The molecule has 0 unspecified atom stereocenters. The van der Waals surface area contributed by atoms with Gasteiger partial charge >= 0.3 is 6.09 Å². The fourth-order valence-electron chi connectivity index (χ4n) is 3.10. The Kier molecular flexibility index (Phi) is 7.57. The maximum Gasteiger partial charge on any atom is 0.407 e. The molecule has 3 aromatic rings. The number of benzene rings is 3. The van der Waals surface area contributed by atoms with Crippen molar-refractivity contribution in [2.45, 2.75) is 13.0 Å². The molecule has 0 radical (unpaired) electrons. The third-order valence-electron chi connectivity index (χ3n) is 4.64. The largest absolute Gasteiger partial charge is 0.493 e. The highest BCUT2D eigenvalue weighted by Crippen LogP contribution is 2.36. The SMILES string of the molecule is COc1cc(CCNC(=O)OCc2ccccc2)c(-c2ccc(Cl)cc2)cc1OC. The number of alkyl carbamates (subject to hydrolysis) is 1. The predicted molar refractivity (Wildman–Crippen MR) is 118 cm³/mol. The van der Waals surface area contributed by atoms with Crippen molar-refractivity contribution in [3.63, 3.8) is 0 Å². The van der Waals surface area contributed by atoms with Crippen LogP contribution >= 0.6 is 11.6 Å². The van der Waals surface area contributed by atoms with Crippen molar-refractivity contribution >= 4 is 17.7 Å². The lowest BCUT2D eigenvalue weighted by Crippen LogP contribution is -2.26. The van der Waals surface area contributed by atoms with Gasteiger partial charge in [-0.1, -0.05) is 54.1 Å². The van der Waals surface area contributed by atoms with E-state index in [2.05, 4.69) is 5.32 Å². The number of carbonyl (C=O) groups excluding carboxylic acids is 1. The molecule has 0 bridgehead atoms. The zero-order valence-corrected chi connectivity index (χ0v) is 17.7. The first kappa shape index (κ1) is 21.5. The van der Waals surface area contributed by atoms with Crippen LogP contribution in [0.25, 0.3) is 11.1 Å². The zero-order valence-electron chi connectivity index (χ0n) is 17.0. The summed E-state index contributed by atoms with van der Waals surface area (Å²) in [6.07, 6.45) is 0.144. The number of nitrogens with one attached hydrogen (secondary N) is 1. The predicted octanol–water partition coefficient (Wildman–Crippen LogP) is 5.49. The minimum atomic E-state index is -0.452. The molecule has 0 fully saturated rings. The summed E-state index contributed by atoms with van der Waals surface area (Å²) in [4.78, 5) is 12.0. The molecule has 0 spiro atoms. The minimum Gasteiger partial charge on any atom is -0.493 e. The van der Waals surface area contributed by atoms with Crippen LogP contribution in [0.3, 0.4) is 0 Å². The second-order valence-corrected chi connectivity index (χ2v) is 7.05. The molecule has 5 nitrogen and oxygen atoms in total. The summed E-state index contributed by atoms with van der Waals surface area (Å²) >= 11 is 6.03. The van der Waals surface area contributed by atoms with Crippen LogP contribution in [-0.4, -0.2) is 26.9 Å². The lowest BCUT2D eigenvalue weighted by molar-refractivity contribution is 0.140. The summed E-state index contributed by atoms with van der Waals surface area (Å²) in [6, 6.07) is 21.0. The normalized spacial score (nSPS) is 10.4. The van der Waals surface area contributed by atoms with Crippen LogP contribution in [0.15, 0.2) is 66.7 Å². The minimum absolute atomic E-state index is 0.235. The van der Waals surface area contributed by atoms with E-state index in [1.54, 1.807) is 14.2 Å². The standard InChI is InChI=1S/C24H24ClNO4/c1-28-22-14-19(12-13-26-24(27)30-16-17-6-4-3-5-7-17)21(15-23(22)29-2)18-8-10-20(25)11-9-18/h3-11,14-15H,12-13,16H2,1-2H3,(H,26,27). The summed E-state index contributed by atoms with van der Waals surface area (Å²) in [5.74, 6) is 1.28. The summed E-state index contributed by atoms with van der Waals surface area (Å²) in [5.41, 5.74) is 3.95. The maximum atomic E-state index is 12.0. The molecule has 0 atom stereocenters. The maximum absolute atomic E-state index is 12.0. The van der Waals surface area contributed by atoms with E-state index in [4.69, 9.17) is 25.8 Å². The third-order valence-corrected chi connectivity index (χ3v) is 4.89. The highest BCUT2D eigenvalue weighted by Gasteiger charge is 2.13. The van der Waals surface area contributed by atoms with Crippen molar-refractivity contribution in [2.24, 2.45) is 0 Å². The highest BCUT2D eigenvalue weighted by atomic mass is 35.5. The molecule has 0 aliphatic carbocycles. The monoisotopic (exact) mass is 425 g/mol. The van der Waals surface area contributed by atoms with Crippen molar-refractivity contribution in [1.29, 1.82) is 0 Å². The summed E-state index contributed by atoms with van der Waals surface area (Å²) in [5, 5.41) is 3.47. The second kappa shape index (κ2) is 10.6. The van der Waals surface area contributed by atoms with Gasteiger partial charge in [0.2, 0.25) is 0 Å². The van der Waals surface area contributed by atoms with Gasteiger partial charge in [-0.05, 0) is 52.9 Å². The zero-order chi connectivity index (χ0) is 21.3. The second-order valence-electron chi connectivity index (χ2n) is 6.61. The van der Waals surface area contributed by atoms with Gasteiger partial charge in [0.25, 0.3) is 0 Å². The average molecular weight is 426 g/mol. The lowest BCUT2D eigenvalue weighted by Gasteiger charge is -2.16. The molecule has 3 rings (SSSR count). The molecule has 156 valence electrons. The van der Waals surface area contributed by atoms with Crippen molar-refractivity contribution in [3.8, 4) is 22.6 Å². The molecule has 0 aromatic heterocycles. The number of carbonyl (C=O) groups is 1. The summed E-state index contributed by atoms with van der Waals surface area (Å²) in [6.45, 7) is 0.656. The lowest BCUT2D eigenvalue weighted by atomic mass is 9.96. The fraction of sp³-hybridized carbons (Fsp3) is 0.208. The average Bonchev–Trinajstić information content (AvgIpc) is 2.78. The molecule has 6 heteroatoms. The number of amides is 1. The van der Waals surface area contributed by atoms with E-state index in [-0.39, 0.29) is 6.61 Å². The van der Waals surface area contributed by atoms with Crippen molar-refractivity contribution in [1.82, 2.24) is 5.32 Å². The Labute approximate surface area is 181 Å². The number of hydrogen-bond donors (Lipinski definition) is 1. The van der Waals surface area contributed by atoms with Crippen LogP contribution < -0.4 is 14.8 Å². The van der Waals surface area contributed by atoms with Crippen molar-refractivity contribution < 1.29 is 19.0 Å². The molecule has 0 aliphatic rings. The molecule has 0 heterocycles. The van der Waals surface area contributed by atoms with Gasteiger partial charge in [-0.25, -0.2) is 4.79 Å². The first-order chi connectivity index (χ1) is 14.6. The van der Waals surface area contributed by atoms with Crippen LogP contribution in [0.2, 0.25) is 5.02 Å².